The minimum absolute atomic E-state index is 0.398. The number of nitrogens with one attached hydrogen (secondary N) is 1. The van der Waals surface area contributed by atoms with Gasteiger partial charge in [-0.2, -0.15) is 14.6 Å². The van der Waals surface area contributed by atoms with Crippen LogP contribution in [0.5, 0.6) is 0 Å². The van der Waals surface area contributed by atoms with Gasteiger partial charge in [0.05, 0.1) is 6.20 Å². The number of rotatable bonds is 6. The molecular formula is C16H23N5O2S. The molecule has 0 aliphatic heterocycles. The number of hydrogen-bond acceptors (Lipinski definition) is 7. The van der Waals surface area contributed by atoms with E-state index in [4.69, 9.17) is 4.74 Å². The zero-order chi connectivity index (χ0) is 17.7. The molecule has 0 fully saturated rings. The predicted molar refractivity (Wildman–Crippen MR) is 96.2 cm³/mol. The first-order valence-electron chi connectivity index (χ1n) is 7.78. The van der Waals surface area contributed by atoms with Crippen LogP contribution in [0.15, 0.2) is 17.4 Å². The molecule has 0 saturated carbocycles. The number of carbonyl (C=O) groups is 1. The molecule has 8 heteroatoms. The summed E-state index contributed by atoms with van der Waals surface area (Å²) < 4.78 is 6.91. The quantitative estimate of drug-likeness (QED) is 0.488. The highest BCUT2D eigenvalue weighted by Gasteiger charge is 2.15. The zero-order valence-electron chi connectivity index (χ0n) is 14.7. The van der Waals surface area contributed by atoms with E-state index in [0.29, 0.717) is 16.8 Å². The molecule has 1 N–H and O–H groups in total. The molecule has 0 radical (unpaired) electrons. The Bertz CT molecular complexity index is 749. The van der Waals surface area contributed by atoms with Gasteiger partial charge in [-0.1, -0.05) is 18.7 Å². The molecule has 2 rings (SSSR count). The van der Waals surface area contributed by atoms with E-state index in [1.807, 2.05) is 27.0 Å². The van der Waals surface area contributed by atoms with E-state index >= 15 is 0 Å². The van der Waals surface area contributed by atoms with Crippen LogP contribution in [0.2, 0.25) is 0 Å². The monoisotopic (exact) mass is 349 g/mol. The highest BCUT2D eigenvalue weighted by Crippen LogP contribution is 2.19. The molecule has 7 nitrogen and oxygen atoms in total. The number of thioether (sulfide) groups is 1. The Morgan fingerprint density at radius 2 is 2.17 bits per heavy atom. The lowest BCUT2D eigenvalue weighted by Crippen LogP contribution is -2.22. The van der Waals surface area contributed by atoms with Crippen molar-refractivity contribution in [1.82, 2.24) is 19.6 Å². The summed E-state index contributed by atoms with van der Waals surface area (Å²) in [6.45, 7) is 8.37. The summed E-state index contributed by atoms with van der Waals surface area (Å²) in [5.41, 5.74) is 0.861. The Balaban J connectivity index is 2.33. The summed E-state index contributed by atoms with van der Waals surface area (Å²) >= 11 is 1.46. The average molecular weight is 349 g/mol. The van der Waals surface area contributed by atoms with Crippen LogP contribution in [-0.2, 0) is 9.53 Å². The van der Waals surface area contributed by atoms with Crippen molar-refractivity contribution in [3.05, 3.63) is 17.8 Å². The maximum atomic E-state index is 11.8. The molecule has 0 bridgehead atoms. The molecule has 0 unspecified atom stereocenters. The summed E-state index contributed by atoms with van der Waals surface area (Å²) in [6, 6.07) is 0. The van der Waals surface area contributed by atoms with Crippen LogP contribution in [0.3, 0.4) is 0 Å². The standard InChI is InChI=1S/C16H23N5O2S/c1-6-9-17-14-20-15(24-5)19-13-11(10-18-21(13)14)7-8-12(22)23-16(2,3)4/h7-8,10H,6,9H2,1-5H3,(H,17,19,20)/b8-7+. The van der Waals surface area contributed by atoms with Crippen molar-refractivity contribution >= 4 is 35.4 Å². The number of anilines is 1. The smallest absolute Gasteiger partial charge is 0.331 e. The van der Waals surface area contributed by atoms with E-state index < -0.39 is 11.6 Å². The maximum absolute atomic E-state index is 11.8. The molecule has 2 aromatic heterocycles. The molecule has 24 heavy (non-hydrogen) atoms. The largest absolute Gasteiger partial charge is 0.457 e. The van der Waals surface area contributed by atoms with Crippen LogP contribution in [0.25, 0.3) is 11.7 Å². The first-order chi connectivity index (χ1) is 11.3. The van der Waals surface area contributed by atoms with E-state index in [1.165, 1.54) is 17.8 Å². The van der Waals surface area contributed by atoms with E-state index in [9.17, 15) is 4.79 Å². The summed E-state index contributed by atoms with van der Waals surface area (Å²) in [5.74, 6) is 0.244. The van der Waals surface area contributed by atoms with Gasteiger partial charge in [-0.25, -0.2) is 9.78 Å². The normalized spacial score (nSPS) is 12.0. The summed E-state index contributed by atoms with van der Waals surface area (Å²) in [4.78, 5) is 20.8. The number of nitrogens with zero attached hydrogens (tertiary/aromatic N) is 4. The van der Waals surface area contributed by atoms with Gasteiger partial charge >= 0.3 is 5.97 Å². The Morgan fingerprint density at radius 3 is 2.79 bits per heavy atom. The van der Waals surface area contributed by atoms with Crippen LogP contribution >= 0.6 is 11.8 Å². The molecular weight excluding hydrogens is 326 g/mol. The molecule has 0 aromatic carbocycles. The maximum Gasteiger partial charge on any atom is 0.331 e. The lowest BCUT2D eigenvalue weighted by atomic mass is 10.2. The van der Waals surface area contributed by atoms with Gasteiger partial charge < -0.3 is 10.1 Å². The van der Waals surface area contributed by atoms with Gasteiger partial charge in [0.2, 0.25) is 5.95 Å². The van der Waals surface area contributed by atoms with Crippen molar-refractivity contribution in [2.24, 2.45) is 0 Å². The first kappa shape index (κ1) is 18.3. The van der Waals surface area contributed by atoms with E-state index in [2.05, 4.69) is 27.3 Å². The van der Waals surface area contributed by atoms with Crippen LogP contribution in [-0.4, -0.2) is 44.0 Å². The highest BCUT2D eigenvalue weighted by molar-refractivity contribution is 7.98. The SMILES string of the molecule is CCCNc1nc(SC)nc2c(/C=C/C(=O)OC(C)(C)C)cnn12. The second-order valence-electron chi connectivity index (χ2n) is 6.16. The third-order valence-corrected chi connectivity index (χ3v) is 3.44. The van der Waals surface area contributed by atoms with Crippen LogP contribution < -0.4 is 5.32 Å². The van der Waals surface area contributed by atoms with Crippen molar-refractivity contribution in [3.63, 3.8) is 0 Å². The number of esters is 1. The topological polar surface area (TPSA) is 81.4 Å². The van der Waals surface area contributed by atoms with Gasteiger partial charge in [0, 0.05) is 18.2 Å². The van der Waals surface area contributed by atoms with Crippen LogP contribution in [0.4, 0.5) is 5.95 Å². The average Bonchev–Trinajstić information content (AvgIpc) is 2.91. The summed E-state index contributed by atoms with van der Waals surface area (Å²) in [6.07, 6.45) is 7.61. The third-order valence-electron chi connectivity index (χ3n) is 2.90. The molecule has 0 aliphatic rings. The second kappa shape index (κ2) is 7.65. The molecule has 0 saturated heterocycles. The van der Waals surface area contributed by atoms with Gasteiger partial charge in [-0.15, -0.1) is 0 Å². The van der Waals surface area contributed by atoms with Crippen LogP contribution in [0, 0.1) is 0 Å². The lowest BCUT2D eigenvalue weighted by molar-refractivity contribution is -0.148. The van der Waals surface area contributed by atoms with Gasteiger partial charge in [-0.05, 0) is 39.5 Å². The Kier molecular flexibility index (Phi) is 5.82. The molecule has 0 amide bonds. The Hall–Kier alpha value is -2.09. The van der Waals surface area contributed by atoms with Crippen molar-refractivity contribution in [1.29, 1.82) is 0 Å². The fourth-order valence-corrected chi connectivity index (χ4v) is 2.28. The molecule has 130 valence electrons. The van der Waals surface area contributed by atoms with Gasteiger partial charge in [-0.3, -0.25) is 0 Å². The van der Waals surface area contributed by atoms with Crippen LogP contribution in [0.1, 0.15) is 39.7 Å². The van der Waals surface area contributed by atoms with Gasteiger partial charge in [0.15, 0.2) is 10.8 Å². The van der Waals surface area contributed by atoms with Gasteiger partial charge in [0.1, 0.15) is 5.60 Å². The third kappa shape index (κ3) is 4.70. The van der Waals surface area contributed by atoms with E-state index in [-0.39, 0.29) is 0 Å². The predicted octanol–water partition coefficient (Wildman–Crippen LogP) is 3.02. The number of fused-ring (bicyclic) bond motifs is 1. The van der Waals surface area contributed by atoms with E-state index in [1.54, 1.807) is 16.8 Å². The summed E-state index contributed by atoms with van der Waals surface area (Å²) in [5, 5.41) is 8.20. The Morgan fingerprint density at radius 1 is 1.42 bits per heavy atom. The molecule has 2 aromatic rings. The summed E-state index contributed by atoms with van der Waals surface area (Å²) in [7, 11) is 0. The number of aromatic nitrogens is 4. The number of carbonyl (C=O) groups excluding carboxylic acids is 1. The zero-order valence-corrected chi connectivity index (χ0v) is 15.5. The first-order valence-corrected chi connectivity index (χ1v) is 9.01. The minimum atomic E-state index is -0.520. The van der Waals surface area contributed by atoms with Crippen molar-refractivity contribution < 1.29 is 9.53 Å². The fourth-order valence-electron chi connectivity index (χ4n) is 1.93. The molecule has 0 spiro atoms. The molecule has 0 atom stereocenters. The van der Waals surface area contributed by atoms with Crippen molar-refractivity contribution in [3.8, 4) is 0 Å². The number of hydrogen-bond donors (Lipinski definition) is 1. The lowest BCUT2D eigenvalue weighted by Gasteiger charge is -2.17. The van der Waals surface area contributed by atoms with Crippen molar-refractivity contribution in [2.45, 2.75) is 44.9 Å². The van der Waals surface area contributed by atoms with Crippen molar-refractivity contribution in [2.75, 3.05) is 18.1 Å². The van der Waals surface area contributed by atoms with Gasteiger partial charge in [0.25, 0.3) is 0 Å². The molecule has 0 aliphatic carbocycles. The Labute approximate surface area is 145 Å². The highest BCUT2D eigenvalue weighted by atomic mass is 32.2. The van der Waals surface area contributed by atoms with E-state index in [0.717, 1.165) is 18.5 Å². The second-order valence-corrected chi connectivity index (χ2v) is 6.94. The minimum Gasteiger partial charge on any atom is -0.457 e. The fraction of sp³-hybridized carbons (Fsp3) is 0.500. The number of ether oxygens (including phenoxy) is 1. The molecule has 2 heterocycles.